The molecule has 0 fully saturated rings. The first-order chi connectivity index (χ1) is 10.1. The number of rotatable bonds is 5. The largest absolute Gasteiger partial charge is 0.496 e. The summed E-state index contributed by atoms with van der Waals surface area (Å²) in [5.41, 5.74) is 0.592. The van der Waals surface area contributed by atoms with Gasteiger partial charge in [0.05, 0.1) is 18.2 Å². The smallest absolute Gasteiger partial charge is 0.340 e. The molecular weight excluding hydrogens is 294 g/mol. The van der Waals surface area contributed by atoms with E-state index < -0.39 is 5.97 Å². The lowest BCUT2D eigenvalue weighted by atomic mass is 10.1. The zero-order valence-corrected chi connectivity index (χ0v) is 12.0. The van der Waals surface area contributed by atoms with Gasteiger partial charge in [-0.2, -0.15) is 0 Å². The van der Waals surface area contributed by atoms with Crippen LogP contribution in [-0.4, -0.2) is 30.5 Å². The van der Waals surface area contributed by atoms with E-state index in [1.165, 1.54) is 25.4 Å². The van der Waals surface area contributed by atoms with Gasteiger partial charge in [0.1, 0.15) is 10.9 Å². The van der Waals surface area contributed by atoms with Crippen molar-refractivity contribution in [1.29, 1.82) is 0 Å². The molecule has 0 aliphatic rings. The average Bonchev–Trinajstić information content (AvgIpc) is 2.52. The highest BCUT2D eigenvalue weighted by atomic mass is 35.5. The summed E-state index contributed by atoms with van der Waals surface area (Å²) < 4.78 is 10.0. The molecule has 0 saturated heterocycles. The molecule has 0 amide bonds. The maximum atomic E-state index is 12.0. The number of carbonyl (C=O) groups is 2. The van der Waals surface area contributed by atoms with E-state index in [2.05, 4.69) is 4.98 Å². The molecule has 0 aliphatic carbocycles. The highest BCUT2D eigenvalue weighted by Gasteiger charge is 2.15. The number of ketones is 1. The van der Waals surface area contributed by atoms with Gasteiger partial charge in [-0.15, -0.1) is 0 Å². The highest BCUT2D eigenvalue weighted by Crippen LogP contribution is 2.18. The number of hydrogen-bond acceptors (Lipinski definition) is 5. The van der Waals surface area contributed by atoms with Gasteiger partial charge in [-0.1, -0.05) is 23.7 Å². The first-order valence-corrected chi connectivity index (χ1v) is 6.44. The summed E-state index contributed by atoms with van der Waals surface area (Å²) in [7, 11) is 1.47. The van der Waals surface area contributed by atoms with Crippen LogP contribution in [-0.2, 0) is 4.74 Å². The maximum absolute atomic E-state index is 12.0. The molecule has 0 spiro atoms. The molecule has 1 aromatic heterocycles. The van der Waals surface area contributed by atoms with Crippen molar-refractivity contribution in [3.63, 3.8) is 0 Å². The molecule has 2 rings (SSSR count). The maximum Gasteiger partial charge on any atom is 0.340 e. The van der Waals surface area contributed by atoms with Gasteiger partial charge in [-0.3, -0.25) is 4.79 Å². The fourth-order valence-electron chi connectivity index (χ4n) is 1.66. The molecule has 1 aromatic carbocycles. The minimum absolute atomic E-state index is 0.229. The van der Waals surface area contributed by atoms with Gasteiger partial charge in [0, 0.05) is 6.20 Å². The molecule has 0 N–H and O–H groups in total. The van der Waals surface area contributed by atoms with Crippen LogP contribution in [0.3, 0.4) is 0 Å². The van der Waals surface area contributed by atoms with Crippen LogP contribution in [0, 0.1) is 0 Å². The lowest BCUT2D eigenvalue weighted by Crippen LogP contribution is -2.15. The molecule has 0 atom stereocenters. The minimum atomic E-state index is -0.637. The molecule has 0 unspecified atom stereocenters. The second-order valence-electron chi connectivity index (χ2n) is 4.07. The Morgan fingerprint density at radius 3 is 2.62 bits per heavy atom. The van der Waals surface area contributed by atoms with Crippen molar-refractivity contribution in [3.8, 4) is 5.75 Å². The second-order valence-corrected chi connectivity index (χ2v) is 4.46. The predicted octanol–water partition coefficient (Wildman–Crippen LogP) is 2.78. The summed E-state index contributed by atoms with van der Waals surface area (Å²) in [5, 5.41) is 0.275. The number of halogens is 1. The Morgan fingerprint density at radius 2 is 1.95 bits per heavy atom. The summed E-state index contributed by atoms with van der Waals surface area (Å²) >= 11 is 5.63. The van der Waals surface area contributed by atoms with Crippen molar-refractivity contribution < 1.29 is 19.1 Å². The Hall–Kier alpha value is -2.40. The lowest BCUT2D eigenvalue weighted by Gasteiger charge is -2.08. The average molecular weight is 306 g/mol. The lowest BCUT2D eigenvalue weighted by molar-refractivity contribution is 0.0473. The monoisotopic (exact) mass is 305 g/mol. The van der Waals surface area contributed by atoms with Crippen LogP contribution in [0.2, 0.25) is 5.15 Å². The van der Waals surface area contributed by atoms with E-state index in [9.17, 15) is 9.59 Å². The Balaban J connectivity index is 2.01. The van der Waals surface area contributed by atoms with E-state index in [1.54, 1.807) is 24.3 Å². The van der Waals surface area contributed by atoms with Gasteiger partial charge in [-0.05, 0) is 24.3 Å². The Kier molecular flexibility index (Phi) is 4.90. The van der Waals surface area contributed by atoms with Crippen molar-refractivity contribution in [2.45, 2.75) is 0 Å². The van der Waals surface area contributed by atoms with Crippen LogP contribution in [0.25, 0.3) is 0 Å². The third kappa shape index (κ3) is 3.79. The van der Waals surface area contributed by atoms with E-state index in [1.807, 2.05) is 0 Å². The van der Waals surface area contributed by atoms with E-state index in [0.29, 0.717) is 11.3 Å². The Bertz CT molecular complexity index is 655. The molecule has 21 heavy (non-hydrogen) atoms. The van der Waals surface area contributed by atoms with Crippen LogP contribution >= 0.6 is 11.6 Å². The zero-order chi connectivity index (χ0) is 15.2. The Labute approximate surface area is 126 Å². The van der Waals surface area contributed by atoms with E-state index >= 15 is 0 Å². The van der Waals surface area contributed by atoms with E-state index in [-0.39, 0.29) is 23.1 Å². The number of hydrogen-bond donors (Lipinski definition) is 0. The van der Waals surface area contributed by atoms with Gasteiger partial charge in [0.25, 0.3) is 0 Å². The third-order valence-electron chi connectivity index (χ3n) is 2.70. The van der Waals surface area contributed by atoms with Gasteiger partial charge in [0.2, 0.25) is 5.78 Å². The van der Waals surface area contributed by atoms with Gasteiger partial charge >= 0.3 is 5.97 Å². The summed E-state index contributed by atoms with van der Waals surface area (Å²) in [6.07, 6.45) is 1.29. The van der Waals surface area contributed by atoms with Gasteiger partial charge < -0.3 is 9.47 Å². The first-order valence-electron chi connectivity index (χ1n) is 6.06. The number of Topliss-reactive ketones (excluding diaryl/α,β-unsaturated/α-hetero) is 1. The molecule has 6 heteroatoms. The molecule has 108 valence electrons. The fourth-order valence-corrected chi connectivity index (χ4v) is 1.78. The molecular formula is C15H12ClNO4. The van der Waals surface area contributed by atoms with Crippen LogP contribution < -0.4 is 4.74 Å². The molecule has 0 saturated carbocycles. The third-order valence-corrected chi connectivity index (χ3v) is 2.93. The SMILES string of the molecule is COc1ccccc1C(=O)COC(=O)c1ccc(Cl)nc1. The predicted molar refractivity (Wildman–Crippen MR) is 76.9 cm³/mol. The summed E-state index contributed by atoms with van der Waals surface area (Å²) in [6.45, 7) is -0.373. The summed E-state index contributed by atoms with van der Waals surface area (Å²) in [6, 6.07) is 9.68. The molecule has 0 aliphatic heterocycles. The van der Waals surface area contributed by atoms with Crippen LogP contribution in [0.5, 0.6) is 5.75 Å². The summed E-state index contributed by atoms with van der Waals surface area (Å²) in [5.74, 6) is -0.545. The quantitative estimate of drug-likeness (QED) is 0.483. The fraction of sp³-hybridized carbons (Fsp3) is 0.133. The van der Waals surface area contributed by atoms with Crippen LogP contribution in [0.15, 0.2) is 42.6 Å². The normalized spacial score (nSPS) is 10.0. The van der Waals surface area contributed by atoms with Crippen LogP contribution in [0.4, 0.5) is 0 Å². The number of carbonyl (C=O) groups excluding carboxylic acids is 2. The molecule has 2 aromatic rings. The zero-order valence-electron chi connectivity index (χ0n) is 11.2. The number of para-hydroxylation sites is 1. The van der Waals surface area contributed by atoms with Crippen molar-refractivity contribution in [3.05, 3.63) is 58.9 Å². The topological polar surface area (TPSA) is 65.5 Å². The number of aromatic nitrogens is 1. The second kappa shape index (κ2) is 6.85. The molecule has 5 nitrogen and oxygen atoms in total. The van der Waals surface area contributed by atoms with E-state index in [0.717, 1.165) is 0 Å². The van der Waals surface area contributed by atoms with Gasteiger partial charge in [-0.25, -0.2) is 9.78 Å². The summed E-state index contributed by atoms with van der Waals surface area (Å²) in [4.78, 5) is 27.6. The number of esters is 1. The first kappa shape index (κ1) is 15.0. The van der Waals surface area contributed by atoms with Crippen molar-refractivity contribution in [2.24, 2.45) is 0 Å². The Morgan fingerprint density at radius 1 is 1.19 bits per heavy atom. The minimum Gasteiger partial charge on any atom is -0.496 e. The number of pyridine rings is 1. The number of benzene rings is 1. The standard InChI is InChI=1S/C15H12ClNO4/c1-20-13-5-3-2-4-11(13)12(18)9-21-15(19)10-6-7-14(16)17-8-10/h2-8H,9H2,1H3. The molecule has 0 bridgehead atoms. The van der Waals surface area contributed by atoms with Crippen molar-refractivity contribution >= 4 is 23.4 Å². The number of nitrogens with zero attached hydrogens (tertiary/aromatic N) is 1. The van der Waals surface area contributed by atoms with Crippen LogP contribution in [0.1, 0.15) is 20.7 Å². The molecule has 0 radical (unpaired) electrons. The van der Waals surface area contributed by atoms with Crippen molar-refractivity contribution in [2.75, 3.05) is 13.7 Å². The van der Waals surface area contributed by atoms with E-state index in [4.69, 9.17) is 21.1 Å². The number of ether oxygens (including phenoxy) is 2. The van der Waals surface area contributed by atoms with Gasteiger partial charge in [0.15, 0.2) is 6.61 Å². The number of methoxy groups -OCH3 is 1. The van der Waals surface area contributed by atoms with Crippen molar-refractivity contribution in [1.82, 2.24) is 4.98 Å². The highest BCUT2D eigenvalue weighted by molar-refractivity contribution is 6.29. The molecule has 1 heterocycles.